The van der Waals surface area contributed by atoms with Gasteiger partial charge in [-0.3, -0.25) is 9.55 Å². The Balaban J connectivity index is 1.43. The van der Waals surface area contributed by atoms with Crippen LogP contribution in [0.15, 0.2) is 77.9 Å². The molecule has 0 saturated carbocycles. The predicted octanol–water partition coefficient (Wildman–Crippen LogP) is 3.91. The molecular formula is C25H17F2N7O. The molecule has 35 heavy (non-hydrogen) atoms. The molecule has 8 nitrogen and oxygen atoms in total. The average molecular weight is 469 g/mol. The Morgan fingerprint density at radius 1 is 0.857 bits per heavy atom. The largest absolute Gasteiger partial charge is 0.328 e. The lowest BCUT2D eigenvalue weighted by atomic mass is 10.2. The number of aromatic amines is 1. The lowest BCUT2D eigenvalue weighted by Gasteiger charge is -2.05. The Kier molecular flexibility index (Phi) is 4.91. The first-order chi connectivity index (χ1) is 17.1. The number of hydrogen-bond acceptors (Lipinski definition) is 5. The number of fused-ring (bicyclic) bond motifs is 2. The Morgan fingerprint density at radius 2 is 1.57 bits per heavy atom. The van der Waals surface area contributed by atoms with E-state index < -0.39 is 11.5 Å². The monoisotopic (exact) mass is 469 g/mol. The molecule has 0 saturated heterocycles. The van der Waals surface area contributed by atoms with E-state index >= 15 is 0 Å². The van der Waals surface area contributed by atoms with E-state index in [9.17, 15) is 13.6 Å². The van der Waals surface area contributed by atoms with Crippen molar-refractivity contribution in [2.75, 3.05) is 0 Å². The highest BCUT2D eigenvalue weighted by Gasteiger charge is 2.19. The van der Waals surface area contributed by atoms with Gasteiger partial charge in [-0.05, 0) is 24.3 Å². The quantitative estimate of drug-likeness (QED) is 0.413. The van der Waals surface area contributed by atoms with Crippen molar-refractivity contribution >= 4 is 22.2 Å². The molecule has 0 fully saturated rings. The standard InChI is InChI=1S/C25H17F2N7O/c26-18-9-3-1-6-15(18)13-33-20-12-29-23(30-22(20)31-25(33)35)21-17-8-5-11-28-24(17)34(32-21)14-16-7-2-4-10-19(16)27/h1-12H,13-14H2,(H,29,30,31,35). The minimum Gasteiger partial charge on any atom is -0.290 e. The lowest BCUT2D eigenvalue weighted by molar-refractivity contribution is 0.589. The zero-order chi connectivity index (χ0) is 23.9. The fourth-order valence-electron chi connectivity index (χ4n) is 4.08. The van der Waals surface area contributed by atoms with Gasteiger partial charge in [-0.25, -0.2) is 33.2 Å². The second kappa shape index (κ2) is 8.24. The number of nitrogens with one attached hydrogen (secondary N) is 1. The molecule has 2 aromatic carbocycles. The van der Waals surface area contributed by atoms with E-state index in [-0.39, 0.29) is 24.7 Å². The van der Waals surface area contributed by atoms with Crippen LogP contribution in [0.3, 0.4) is 0 Å². The number of benzene rings is 2. The van der Waals surface area contributed by atoms with Crippen LogP contribution in [0.5, 0.6) is 0 Å². The second-order valence-electron chi connectivity index (χ2n) is 8.01. The number of pyridine rings is 1. The van der Waals surface area contributed by atoms with Crippen molar-refractivity contribution < 1.29 is 8.78 Å². The minimum atomic E-state index is -0.425. The van der Waals surface area contributed by atoms with Crippen molar-refractivity contribution in [1.82, 2.24) is 34.3 Å². The van der Waals surface area contributed by atoms with Crippen molar-refractivity contribution in [2.24, 2.45) is 0 Å². The van der Waals surface area contributed by atoms with E-state index in [4.69, 9.17) is 0 Å². The van der Waals surface area contributed by atoms with Crippen LogP contribution in [0, 0.1) is 11.6 Å². The number of imidazole rings is 1. The predicted molar refractivity (Wildman–Crippen MR) is 126 cm³/mol. The van der Waals surface area contributed by atoms with Crippen LogP contribution in [-0.2, 0) is 13.1 Å². The summed E-state index contributed by atoms with van der Waals surface area (Å²) in [5.41, 5.74) is 2.18. The van der Waals surface area contributed by atoms with Gasteiger partial charge in [0.15, 0.2) is 17.1 Å². The molecule has 172 valence electrons. The van der Waals surface area contributed by atoms with E-state index in [2.05, 4.69) is 25.0 Å². The van der Waals surface area contributed by atoms with Gasteiger partial charge in [-0.2, -0.15) is 5.10 Å². The highest BCUT2D eigenvalue weighted by molar-refractivity contribution is 5.90. The molecule has 4 aromatic heterocycles. The summed E-state index contributed by atoms with van der Waals surface area (Å²) in [6.45, 7) is 0.219. The summed E-state index contributed by atoms with van der Waals surface area (Å²) >= 11 is 0. The van der Waals surface area contributed by atoms with Crippen LogP contribution in [0.25, 0.3) is 33.7 Å². The molecule has 4 heterocycles. The average Bonchev–Trinajstić information content (AvgIpc) is 3.39. The van der Waals surface area contributed by atoms with Crippen LogP contribution in [-0.4, -0.2) is 34.3 Å². The third-order valence-corrected chi connectivity index (χ3v) is 5.81. The molecule has 1 N–H and O–H groups in total. The number of hydrogen-bond donors (Lipinski definition) is 1. The Bertz CT molecular complexity index is 1770. The van der Waals surface area contributed by atoms with Gasteiger partial charge >= 0.3 is 5.69 Å². The molecule has 0 aliphatic carbocycles. The van der Waals surface area contributed by atoms with Gasteiger partial charge in [0.05, 0.1) is 24.7 Å². The van der Waals surface area contributed by atoms with Crippen molar-refractivity contribution in [1.29, 1.82) is 0 Å². The zero-order valence-corrected chi connectivity index (χ0v) is 18.2. The first-order valence-corrected chi connectivity index (χ1v) is 10.8. The Labute approximate surface area is 196 Å². The fourth-order valence-corrected chi connectivity index (χ4v) is 4.08. The lowest BCUT2D eigenvalue weighted by Crippen LogP contribution is -2.17. The molecule has 0 unspecified atom stereocenters. The normalized spacial score (nSPS) is 11.5. The molecule has 0 amide bonds. The minimum absolute atomic E-state index is 0.0400. The topological polar surface area (TPSA) is 94.3 Å². The van der Waals surface area contributed by atoms with Crippen LogP contribution in [0.1, 0.15) is 11.1 Å². The maximum Gasteiger partial charge on any atom is 0.328 e. The fraction of sp³-hybridized carbons (Fsp3) is 0.0800. The van der Waals surface area contributed by atoms with Gasteiger partial charge in [0.25, 0.3) is 0 Å². The molecule has 10 heteroatoms. The molecular weight excluding hydrogens is 452 g/mol. The van der Waals surface area contributed by atoms with Gasteiger partial charge in [0.1, 0.15) is 22.8 Å². The molecule has 0 spiro atoms. The summed E-state index contributed by atoms with van der Waals surface area (Å²) < 4.78 is 31.4. The molecule has 0 atom stereocenters. The molecule has 6 rings (SSSR count). The number of nitrogens with zero attached hydrogens (tertiary/aromatic N) is 6. The molecule has 6 aromatic rings. The molecule has 0 aliphatic rings. The third kappa shape index (κ3) is 3.65. The van der Waals surface area contributed by atoms with Gasteiger partial charge < -0.3 is 0 Å². The summed E-state index contributed by atoms with van der Waals surface area (Å²) in [6, 6.07) is 16.4. The molecule has 0 aliphatic heterocycles. The van der Waals surface area contributed by atoms with Crippen molar-refractivity contribution in [3.8, 4) is 11.5 Å². The van der Waals surface area contributed by atoms with Crippen LogP contribution >= 0.6 is 0 Å². The van der Waals surface area contributed by atoms with Crippen LogP contribution in [0.2, 0.25) is 0 Å². The van der Waals surface area contributed by atoms with Gasteiger partial charge in [-0.15, -0.1) is 0 Å². The van der Waals surface area contributed by atoms with E-state index in [1.807, 2.05) is 6.07 Å². The smallest absolute Gasteiger partial charge is 0.290 e. The van der Waals surface area contributed by atoms with Crippen LogP contribution < -0.4 is 5.69 Å². The Hall–Kier alpha value is -4.73. The zero-order valence-electron chi connectivity index (χ0n) is 18.2. The summed E-state index contributed by atoms with van der Waals surface area (Å²) in [6.07, 6.45) is 3.14. The van der Waals surface area contributed by atoms with Gasteiger partial charge in [0, 0.05) is 17.3 Å². The maximum absolute atomic E-state index is 14.3. The first-order valence-electron chi connectivity index (χ1n) is 10.8. The Morgan fingerprint density at radius 3 is 2.31 bits per heavy atom. The van der Waals surface area contributed by atoms with Crippen molar-refractivity contribution in [3.63, 3.8) is 0 Å². The van der Waals surface area contributed by atoms with Crippen molar-refractivity contribution in [3.05, 3.63) is 106 Å². The molecule has 0 bridgehead atoms. The summed E-state index contributed by atoms with van der Waals surface area (Å²) in [5, 5.41) is 5.32. The highest BCUT2D eigenvalue weighted by atomic mass is 19.1. The van der Waals surface area contributed by atoms with Gasteiger partial charge in [-0.1, -0.05) is 36.4 Å². The van der Waals surface area contributed by atoms with E-state index in [1.54, 1.807) is 53.3 Å². The van der Waals surface area contributed by atoms with Crippen LogP contribution in [0.4, 0.5) is 8.78 Å². The highest BCUT2D eigenvalue weighted by Crippen LogP contribution is 2.26. The number of halogens is 2. The van der Waals surface area contributed by atoms with E-state index in [1.165, 1.54) is 22.9 Å². The summed E-state index contributed by atoms with van der Waals surface area (Å²) in [4.78, 5) is 28.7. The maximum atomic E-state index is 14.3. The first kappa shape index (κ1) is 20.8. The third-order valence-electron chi connectivity index (χ3n) is 5.81. The van der Waals surface area contributed by atoms with E-state index in [0.717, 1.165) is 0 Å². The SMILES string of the molecule is O=c1[nH]c2nc(-c3nn(Cc4ccccc4F)c4ncccc34)ncc2n1Cc1ccccc1F. The number of rotatable bonds is 5. The van der Waals surface area contributed by atoms with E-state index in [0.29, 0.717) is 39.0 Å². The number of H-pyrrole nitrogens is 1. The summed E-state index contributed by atoms with van der Waals surface area (Å²) in [5.74, 6) is -0.451. The van der Waals surface area contributed by atoms with Crippen molar-refractivity contribution in [2.45, 2.75) is 13.1 Å². The molecule has 0 radical (unpaired) electrons. The summed E-state index contributed by atoms with van der Waals surface area (Å²) in [7, 11) is 0. The van der Waals surface area contributed by atoms with Gasteiger partial charge in [0.2, 0.25) is 0 Å². The second-order valence-corrected chi connectivity index (χ2v) is 8.01. The number of aromatic nitrogens is 7.